The predicted octanol–water partition coefficient (Wildman–Crippen LogP) is 17.2. The summed E-state index contributed by atoms with van der Waals surface area (Å²) < 4.78 is 6.60. The van der Waals surface area contributed by atoms with Crippen molar-refractivity contribution in [3.63, 3.8) is 0 Å². The number of fused-ring (bicyclic) bond motifs is 9. The van der Waals surface area contributed by atoms with Crippen molar-refractivity contribution < 1.29 is 4.42 Å². The molecular weight excluding hydrogens is 813 g/mol. The van der Waals surface area contributed by atoms with E-state index in [4.69, 9.17) is 4.42 Å². The Labute approximate surface area is 391 Å². The van der Waals surface area contributed by atoms with Gasteiger partial charge in [-0.3, -0.25) is 0 Å². The third-order valence-electron chi connectivity index (χ3n) is 14.5. The Bertz CT molecular complexity index is 3650. The summed E-state index contributed by atoms with van der Waals surface area (Å²) in [6.45, 7) is 4.70. The molecule has 67 heavy (non-hydrogen) atoms. The molecule has 10 aromatic carbocycles. The normalized spacial score (nSPS) is 13.8. The maximum atomic E-state index is 6.60. The summed E-state index contributed by atoms with van der Waals surface area (Å²) in [4.78, 5) is 4.84. The van der Waals surface area contributed by atoms with Gasteiger partial charge in [0.2, 0.25) is 0 Å². The molecule has 0 amide bonds. The quantitative estimate of drug-likeness (QED) is 0.152. The first-order chi connectivity index (χ1) is 33.0. The van der Waals surface area contributed by atoms with Crippen LogP contribution in [0.2, 0.25) is 0 Å². The lowest BCUT2D eigenvalue weighted by atomic mass is 9.67. The molecule has 11 aromatic rings. The molecule has 0 radical (unpaired) electrons. The van der Waals surface area contributed by atoms with Crippen molar-refractivity contribution in [2.75, 3.05) is 9.80 Å². The van der Waals surface area contributed by atoms with E-state index in [1.807, 2.05) is 6.07 Å². The summed E-state index contributed by atoms with van der Waals surface area (Å²) in [6.07, 6.45) is 0. The van der Waals surface area contributed by atoms with Crippen LogP contribution in [0.15, 0.2) is 247 Å². The van der Waals surface area contributed by atoms with Gasteiger partial charge in [-0.2, -0.15) is 0 Å². The Kier molecular flexibility index (Phi) is 8.78. The molecule has 3 nitrogen and oxygen atoms in total. The molecule has 0 atom stereocenters. The van der Waals surface area contributed by atoms with Gasteiger partial charge in [-0.25, -0.2) is 0 Å². The van der Waals surface area contributed by atoms with E-state index in [1.165, 1.54) is 55.6 Å². The molecule has 2 aliphatic rings. The standard InChI is InChI=1S/C64H46N2O/c1-63(2)55-32-13-11-31-54(55)62-58(63)35-19-36-59(62)66(45-23-7-4-8-24-45)48-27-18-26-47(41-48)65(49-38-39-53-52-30-12-16-37-60(52)67-61(53)42-49)46-25-17-22-44(40-46)64(43-20-5-3-6-21-43)56-33-14-9-28-50(56)51-29-10-15-34-57(51)64/h3-42H,1-2H3. The van der Waals surface area contributed by atoms with Gasteiger partial charge in [0.15, 0.2) is 0 Å². The van der Waals surface area contributed by atoms with Crippen molar-refractivity contribution in [3.8, 4) is 22.3 Å². The Morgan fingerprint density at radius 1 is 0.328 bits per heavy atom. The largest absolute Gasteiger partial charge is 0.456 e. The lowest BCUT2D eigenvalue weighted by Crippen LogP contribution is -2.28. The van der Waals surface area contributed by atoms with Gasteiger partial charge in [-0.05, 0) is 117 Å². The number of rotatable bonds is 8. The van der Waals surface area contributed by atoms with Gasteiger partial charge in [0.1, 0.15) is 11.2 Å². The highest BCUT2D eigenvalue weighted by molar-refractivity contribution is 6.06. The number of benzene rings is 10. The van der Waals surface area contributed by atoms with Crippen LogP contribution in [0.4, 0.5) is 34.1 Å². The lowest BCUT2D eigenvalue weighted by Gasteiger charge is -2.35. The summed E-state index contributed by atoms with van der Waals surface area (Å²) >= 11 is 0. The first kappa shape index (κ1) is 39.0. The van der Waals surface area contributed by atoms with Gasteiger partial charge in [0.05, 0.1) is 11.1 Å². The fraction of sp³-hybridized carbons (Fsp3) is 0.0625. The molecule has 0 spiro atoms. The number of anilines is 6. The van der Waals surface area contributed by atoms with E-state index < -0.39 is 5.41 Å². The summed E-state index contributed by atoms with van der Waals surface area (Å²) in [6, 6.07) is 88.7. The van der Waals surface area contributed by atoms with Gasteiger partial charge in [0, 0.05) is 56.3 Å². The van der Waals surface area contributed by atoms with Crippen LogP contribution in [-0.4, -0.2) is 0 Å². The van der Waals surface area contributed by atoms with Crippen LogP contribution in [0.1, 0.15) is 47.2 Å². The van der Waals surface area contributed by atoms with E-state index in [0.29, 0.717) is 0 Å². The maximum absolute atomic E-state index is 6.60. The molecule has 0 saturated heterocycles. The van der Waals surface area contributed by atoms with Gasteiger partial charge in [0.25, 0.3) is 0 Å². The topological polar surface area (TPSA) is 19.6 Å². The number of nitrogens with zero attached hydrogens (tertiary/aromatic N) is 2. The molecule has 0 N–H and O–H groups in total. The summed E-state index contributed by atoms with van der Waals surface area (Å²) in [5.74, 6) is 0. The lowest BCUT2D eigenvalue weighted by molar-refractivity contribution is 0.660. The van der Waals surface area contributed by atoms with Crippen molar-refractivity contribution in [2.24, 2.45) is 0 Å². The first-order valence-corrected chi connectivity index (χ1v) is 23.3. The molecule has 0 saturated carbocycles. The van der Waals surface area contributed by atoms with E-state index in [-0.39, 0.29) is 5.41 Å². The minimum Gasteiger partial charge on any atom is -0.456 e. The summed E-state index contributed by atoms with van der Waals surface area (Å²) in [5, 5.41) is 2.21. The maximum Gasteiger partial charge on any atom is 0.137 e. The van der Waals surface area contributed by atoms with E-state index in [9.17, 15) is 0 Å². The minimum atomic E-state index is -0.553. The number of para-hydroxylation sites is 2. The van der Waals surface area contributed by atoms with Crippen LogP contribution >= 0.6 is 0 Å². The smallest absolute Gasteiger partial charge is 0.137 e. The van der Waals surface area contributed by atoms with E-state index in [0.717, 1.165) is 56.1 Å². The SMILES string of the molecule is CC1(C)c2ccccc2-c2c(N(c3ccccc3)c3cccc(N(c4cccc(C5(c6ccccc6)c6ccccc6-c6ccccc65)c4)c4ccc5c(c4)oc4ccccc45)c3)cccc21. The molecule has 3 heteroatoms. The van der Waals surface area contributed by atoms with E-state index in [1.54, 1.807) is 0 Å². The molecular formula is C64H46N2O. The monoisotopic (exact) mass is 858 g/mol. The van der Waals surface area contributed by atoms with Gasteiger partial charge in [-0.15, -0.1) is 0 Å². The fourth-order valence-corrected chi connectivity index (χ4v) is 11.6. The third-order valence-corrected chi connectivity index (χ3v) is 14.5. The van der Waals surface area contributed by atoms with Crippen LogP contribution in [0, 0.1) is 0 Å². The predicted molar refractivity (Wildman–Crippen MR) is 278 cm³/mol. The molecule has 1 aromatic heterocycles. The number of hydrogen-bond acceptors (Lipinski definition) is 3. The fourth-order valence-electron chi connectivity index (χ4n) is 11.6. The van der Waals surface area contributed by atoms with Gasteiger partial charge in [-0.1, -0.05) is 184 Å². The zero-order chi connectivity index (χ0) is 44.7. The second-order valence-electron chi connectivity index (χ2n) is 18.4. The minimum absolute atomic E-state index is 0.138. The van der Waals surface area contributed by atoms with Crippen LogP contribution in [-0.2, 0) is 10.8 Å². The van der Waals surface area contributed by atoms with Crippen molar-refractivity contribution in [1.82, 2.24) is 0 Å². The zero-order valence-corrected chi connectivity index (χ0v) is 37.4. The Balaban J connectivity index is 1.05. The highest BCUT2D eigenvalue weighted by Crippen LogP contribution is 2.58. The highest BCUT2D eigenvalue weighted by atomic mass is 16.3. The molecule has 0 bridgehead atoms. The van der Waals surface area contributed by atoms with Crippen molar-refractivity contribution >= 4 is 56.1 Å². The van der Waals surface area contributed by atoms with Crippen molar-refractivity contribution in [1.29, 1.82) is 0 Å². The summed E-state index contributed by atoms with van der Waals surface area (Å²) in [7, 11) is 0. The van der Waals surface area contributed by atoms with Crippen LogP contribution in [0.5, 0.6) is 0 Å². The average Bonchev–Trinajstić information content (AvgIpc) is 3.99. The molecule has 0 fully saturated rings. The molecule has 1 heterocycles. The highest BCUT2D eigenvalue weighted by Gasteiger charge is 2.46. The second-order valence-corrected chi connectivity index (χ2v) is 18.4. The molecule has 2 aliphatic carbocycles. The Morgan fingerprint density at radius 3 is 1.58 bits per heavy atom. The van der Waals surface area contributed by atoms with E-state index in [2.05, 4.69) is 260 Å². The molecule has 318 valence electrons. The number of hydrogen-bond donors (Lipinski definition) is 0. The van der Waals surface area contributed by atoms with E-state index >= 15 is 0 Å². The Morgan fingerprint density at radius 2 is 0.836 bits per heavy atom. The van der Waals surface area contributed by atoms with Crippen molar-refractivity contribution in [3.05, 3.63) is 276 Å². The number of furan rings is 1. The van der Waals surface area contributed by atoms with Crippen molar-refractivity contribution in [2.45, 2.75) is 24.7 Å². The zero-order valence-electron chi connectivity index (χ0n) is 37.4. The molecule has 0 unspecified atom stereocenters. The van der Waals surface area contributed by atoms with Crippen LogP contribution < -0.4 is 9.80 Å². The Hall–Kier alpha value is -8.40. The third kappa shape index (κ3) is 5.84. The van der Waals surface area contributed by atoms with Crippen LogP contribution in [0.25, 0.3) is 44.2 Å². The molecule has 0 aliphatic heterocycles. The van der Waals surface area contributed by atoms with Gasteiger partial charge < -0.3 is 14.2 Å². The molecule has 13 rings (SSSR count). The van der Waals surface area contributed by atoms with Gasteiger partial charge >= 0.3 is 0 Å². The average molecular weight is 859 g/mol. The second kappa shape index (κ2) is 15.1. The summed E-state index contributed by atoms with van der Waals surface area (Å²) in [5.41, 5.74) is 20.2. The van der Waals surface area contributed by atoms with Crippen LogP contribution in [0.3, 0.4) is 0 Å². The first-order valence-electron chi connectivity index (χ1n) is 23.3.